The number of nitrogens with two attached hydrogens (primary N) is 2. The van der Waals surface area contributed by atoms with E-state index in [1.807, 2.05) is 12.1 Å². The van der Waals surface area contributed by atoms with Crippen molar-refractivity contribution in [2.45, 2.75) is 56.5 Å². The first kappa shape index (κ1) is 17.2. The fourth-order valence-electron chi connectivity index (χ4n) is 4.43. The van der Waals surface area contributed by atoms with Crippen LogP contribution in [-0.4, -0.2) is 29.6 Å². The standard InChI is InChI=1S/C18H28N4O2/c19-17-5-1-2-11-18(17,20)14-4-3-12-21(13-10-14)15-6-8-16(9-7-15)22(23)24/h6-9,14,17H,1-5,10-13,19-20H2. The van der Waals surface area contributed by atoms with Crippen LogP contribution in [0.25, 0.3) is 0 Å². The van der Waals surface area contributed by atoms with Crippen LogP contribution in [0.5, 0.6) is 0 Å². The number of benzene rings is 1. The van der Waals surface area contributed by atoms with Crippen molar-refractivity contribution in [2.24, 2.45) is 17.4 Å². The van der Waals surface area contributed by atoms with E-state index in [9.17, 15) is 10.1 Å². The van der Waals surface area contributed by atoms with Crippen molar-refractivity contribution in [1.29, 1.82) is 0 Å². The Kier molecular flexibility index (Phi) is 5.06. The van der Waals surface area contributed by atoms with Crippen molar-refractivity contribution in [3.8, 4) is 0 Å². The molecular formula is C18H28N4O2. The molecule has 1 aliphatic carbocycles. The Labute approximate surface area is 143 Å². The summed E-state index contributed by atoms with van der Waals surface area (Å²) in [6.45, 7) is 1.91. The van der Waals surface area contributed by atoms with E-state index in [0.717, 1.165) is 50.9 Å². The normalized spacial score (nSPS) is 31.5. The van der Waals surface area contributed by atoms with E-state index in [1.54, 1.807) is 12.1 Å². The smallest absolute Gasteiger partial charge is 0.269 e. The highest BCUT2D eigenvalue weighted by molar-refractivity contribution is 5.51. The molecule has 0 amide bonds. The van der Waals surface area contributed by atoms with Crippen molar-refractivity contribution in [3.63, 3.8) is 0 Å². The summed E-state index contributed by atoms with van der Waals surface area (Å²) in [5, 5.41) is 10.8. The van der Waals surface area contributed by atoms with E-state index in [0.29, 0.717) is 5.92 Å². The number of nitrogens with zero attached hydrogens (tertiary/aromatic N) is 2. The zero-order valence-electron chi connectivity index (χ0n) is 14.2. The molecule has 3 unspecified atom stereocenters. The highest BCUT2D eigenvalue weighted by Crippen LogP contribution is 2.37. The molecule has 1 aromatic rings. The van der Waals surface area contributed by atoms with Crippen molar-refractivity contribution in [2.75, 3.05) is 18.0 Å². The van der Waals surface area contributed by atoms with Gasteiger partial charge in [0, 0.05) is 42.5 Å². The molecule has 0 spiro atoms. The van der Waals surface area contributed by atoms with E-state index in [2.05, 4.69) is 4.90 Å². The summed E-state index contributed by atoms with van der Waals surface area (Å²) in [6, 6.07) is 6.98. The van der Waals surface area contributed by atoms with Crippen molar-refractivity contribution < 1.29 is 4.92 Å². The molecule has 1 saturated heterocycles. The number of nitro groups is 1. The molecule has 2 fully saturated rings. The van der Waals surface area contributed by atoms with Crippen molar-refractivity contribution in [3.05, 3.63) is 34.4 Å². The lowest BCUT2D eigenvalue weighted by atomic mass is 9.68. The zero-order valence-corrected chi connectivity index (χ0v) is 14.2. The van der Waals surface area contributed by atoms with Gasteiger partial charge in [-0.3, -0.25) is 10.1 Å². The zero-order chi connectivity index (χ0) is 17.2. The van der Waals surface area contributed by atoms with Crippen LogP contribution in [0.4, 0.5) is 11.4 Å². The summed E-state index contributed by atoms with van der Waals surface area (Å²) < 4.78 is 0. The highest BCUT2D eigenvalue weighted by Gasteiger charge is 2.42. The van der Waals surface area contributed by atoms with Crippen molar-refractivity contribution in [1.82, 2.24) is 0 Å². The van der Waals surface area contributed by atoms with E-state index >= 15 is 0 Å². The molecule has 0 aromatic heterocycles. The Morgan fingerprint density at radius 1 is 1.08 bits per heavy atom. The minimum Gasteiger partial charge on any atom is -0.372 e. The summed E-state index contributed by atoms with van der Waals surface area (Å²) in [6.07, 6.45) is 7.71. The fourth-order valence-corrected chi connectivity index (χ4v) is 4.43. The summed E-state index contributed by atoms with van der Waals surface area (Å²) in [7, 11) is 0. The quantitative estimate of drug-likeness (QED) is 0.655. The molecule has 1 heterocycles. The monoisotopic (exact) mass is 332 g/mol. The van der Waals surface area contributed by atoms with Gasteiger partial charge in [0.05, 0.1) is 4.92 Å². The Hall–Kier alpha value is -1.66. The number of nitro benzene ring substituents is 1. The first-order valence-electron chi connectivity index (χ1n) is 9.04. The number of hydrogen-bond acceptors (Lipinski definition) is 5. The van der Waals surface area contributed by atoms with E-state index in [-0.39, 0.29) is 22.2 Å². The lowest BCUT2D eigenvalue weighted by Crippen LogP contribution is -2.61. The fraction of sp³-hybridized carbons (Fsp3) is 0.667. The van der Waals surface area contributed by atoms with Gasteiger partial charge in [-0.2, -0.15) is 0 Å². The van der Waals surface area contributed by atoms with Gasteiger partial charge in [0.1, 0.15) is 0 Å². The molecule has 3 rings (SSSR count). The van der Waals surface area contributed by atoms with Crippen LogP contribution in [0.15, 0.2) is 24.3 Å². The summed E-state index contributed by atoms with van der Waals surface area (Å²) in [4.78, 5) is 12.8. The van der Waals surface area contributed by atoms with Gasteiger partial charge >= 0.3 is 0 Å². The SMILES string of the molecule is NC1CCCCC1(N)C1CCCN(c2ccc([N+](=O)[O-])cc2)CC1. The topological polar surface area (TPSA) is 98.4 Å². The van der Waals surface area contributed by atoms with Crippen LogP contribution in [0.3, 0.4) is 0 Å². The first-order chi connectivity index (χ1) is 11.5. The lowest BCUT2D eigenvalue weighted by Gasteiger charge is -2.45. The van der Waals surface area contributed by atoms with Crippen LogP contribution in [0.2, 0.25) is 0 Å². The molecule has 1 aromatic carbocycles. The molecule has 0 radical (unpaired) electrons. The average molecular weight is 332 g/mol. The molecule has 4 N–H and O–H groups in total. The third kappa shape index (κ3) is 3.39. The van der Waals surface area contributed by atoms with E-state index < -0.39 is 0 Å². The maximum absolute atomic E-state index is 10.8. The van der Waals surface area contributed by atoms with Crippen LogP contribution in [-0.2, 0) is 0 Å². The second-order valence-corrected chi connectivity index (χ2v) is 7.35. The molecule has 132 valence electrons. The largest absolute Gasteiger partial charge is 0.372 e. The summed E-state index contributed by atoms with van der Waals surface area (Å²) in [5.41, 5.74) is 14.1. The Morgan fingerprint density at radius 2 is 1.83 bits per heavy atom. The first-order valence-corrected chi connectivity index (χ1v) is 9.04. The predicted octanol–water partition coefficient (Wildman–Crippen LogP) is 2.80. The van der Waals surface area contributed by atoms with E-state index in [1.165, 1.54) is 12.8 Å². The van der Waals surface area contributed by atoms with Crippen LogP contribution >= 0.6 is 0 Å². The molecule has 24 heavy (non-hydrogen) atoms. The average Bonchev–Trinajstić information content (AvgIpc) is 2.84. The highest BCUT2D eigenvalue weighted by atomic mass is 16.6. The predicted molar refractivity (Wildman–Crippen MR) is 96.0 cm³/mol. The lowest BCUT2D eigenvalue weighted by molar-refractivity contribution is -0.384. The maximum Gasteiger partial charge on any atom is 0.269 e. The van der Waals surface area contributed by atoms with Gasteiger partial charge in [-0.25, -0.2) is 0 Å². The van der Waals surface area contributed by atoms with Gasteiger partial charge < -0.3 is 16.4 Å². The Bertz CT molecular complexity index is 577. The van der Waals surface area contributed by atoms with Crippen LogP contribution in [0.1, 0.15) is 44.9 Å². The second kappa shape index (κ2) is 7.07. The van der Waals surface area contributed by atoms with Crippen molar-refractivity contribution >= 4 is 11.4 Å². The summed E-state index contributed by atoms with van der Waals surface area (Å²) in [5.74, 6) is 0.468. The number of rotatable bonds is 3. The minimum absolute atomic E-state index is 0.113. The third-order valence-corrected chi connectivity index (χ3v) is 5.98. The Morgan fingerprint density at radius 3 is 2.50 bits per heavy atom. The second-order valence-electron chi connectivity index (χ2n) is 7.35. The van der Waals surface area contributed by atoms with Gasteiger partial charge in [0.25, 0.3) is 5.69 Å². The van der Waals surface area contributed by atoms with Gasteiger partial charge in [-0.05, 0) is 50.2 Å². The van der Waals surface area contributed by atoms with Gasteiger partial charge in [0.2, 0.25) is 0 Å². The Balaban J connectivity index is 1.67. The molecular weight excluding hydrogens is 304 g/mol. The number of anilines is 1. The van der Waals surface area contributed by atoms with Gasteiger partial charge in [-0.1, -0.05) is 12.8 Å². The van der Waals surface area contributed by atoms with Crippen LogP contribution < -0.4 is 16.4 Å². The van der Waals surface area contributed by atoms with Gasteiger partial charge in [0.15, 0.2) is 0 Å². The molecule has 0 bridgehead atoms. The molecule has 6 heteroatoms. The third-order valence-electron chi connectivity index (χ3n) is 5.98. The minimum atomic E-state index is -0.356. The van der Waals surface area contributed by atoms with Gasteiger partial charge in [-0.15, -0.1) is 0 Å². The molecule has 1 aliphatic heterocycles. The molecule has 3 atom stereocenters. The molecule has 2 aliphatic rings. The van der Waals surface area contributed by atoms with Crippen LogP contribution in [0, 0.1) is 16.0 Å². The molecule has 1 saturated carbocycles. The maximum atomic E-state index is 10.8. The number of hydrogen-bond donors (Lipinski definition) is 2. The number of non-ortho nitro benzene ring substituents is 1. The molecule has 6 nitrogen and oxygen atoms in total. The summed E-state index contributed by atoms with van der Waals surface area (Å²) >= 11 is 0. The van der Waals surface area contributed by atoms with E-state index in [4.69, 9.17) is 11.5 Å².